The average Bonchev–Trinajstić information content (AvgIpc) is 2.76. The smallest absolute Gasteiger partial charge is 0.166 e. The zero-order chi connectivity index (χ0) is 15.3. The van der Waals surface area contributed by atoms with Gasteiger partial charge in [0.1, 0.15) is 5.82 Å². The standard InChI is InChI=1S/C18H17FO2S/c19-17-8-7-16(14-3-1-2-4-15(14)17)18(20)11-9-12-5-6-13(10-11)22(12)21/h1-4,7-8,11-13H,5-6,9-10H2. The Kier molecular flexibility index (Phi) is 3.37. The summed E-state index contributed by atoms with van der Waals surface area (Å²) in [6, 6.07) is 10.1. The van der Waals surface area contributed by atoms with Crippen LogP contribution in [-0.4, -0.2) is 20.5 Å². The van der Waals surface area contributed by atoms with Gasteiger partial charge in [-0.1, -0.05) is 24.3 Å². The molecular weight excluding hydrogens is 299 g/mol. The SMILES string of the molecule is O=C(c1ccc(F)c2ccccc12)C1CC2CCC(C1)S2=O. The van der Waals surface area contributed by atoms with Gasteiger partial charge < -0.3 is 0 Å². The summed E-state index contributed by atoms with van der Waals surface area (Å²) in [7, 11) is -0.755. The fourth-order valence-electron chi connectivity index (χ4n) is 3.94. The molecule has 114 valence electrons. The van der Waals surface area contributed by atoms with Crippen molar-refractivity contribution in [3.63, 3.8) is 0 Å². The Labute approximate surface area is 131 Å². The summed E-state index contributed by atoms with van der Waals surface area (Å²) in [4.78, 5) is 12.9. The minimum atomic E-state index is -0.755. The van der Waals surface area contributed by atoms with Crippen LogP contribution in [-0.2, 0) is 10.8 Å². The van der Waals surface area contributed by atoms with E-state index in [0.717, 1.165) is 12.8 Å². The van der Waals surface area contributed by atoms with Gasteiger partial charge in [-0.3, -0.25) is 9.00 Å². The van der Waals surface area contributed by atoms with Gasteiger partial charge in [0.15, 0.2) is 5.78 Å². The largest absolute Gasteiger partial charge is 0.294 e. The van der Waals surface area contributed by atoms with E-state index in [1.807, 2.05) is 6.07 Å². The lowest BCUT2D eigenvalue weighted by Gasteiger charge is -2.26. The molecular formula is C18H17FO2S. The minimum Gasteiger partial charge on any atom is -0.294 e. The lowest BCUT2D eigenvalue weighted by atomic mass is 9.88. The molecule has 2 aromatic carbocycles. The maximum absolute atomic E-state index is 13.9. The molecule has 2 aromatic rings. The van der Waals surface area contributed by atoms with Crippen LogP contribution in [0.25, 0.3) is 10.8 Å². The molecule has 0 N–H and O–H groups in total. The second-order valence-corrected chi connectivity index (χ2v) is 8.31. The topological polar surface area (TPSA) is 34.1 Å². The third-order valence-electron chi connectivity index (χ3n) is 5.07. The summed E-state index contributed by atoms with van der Waals surface area (Å²) in [6.07, 6.45) is 3.39. The van der Waals surface area contributed by atoms with Gasteiger partial charge in [0.25, 0.3) is 0 Å². The molecule has 0 aromatic heterocycles. The van der Waals surface area contributed by atoms with Crippen molar-refractivity contribution < 1.29 is 13.4 Å². The quantitative estimate of drug-likeness (QED) is 0.789. The van der Waals surface area contributed by atoms with Gasteiger partial charge in [-0.15, -0.1) is 0 Å². The number of carbonyl (C=O) groups excluding carboxylic acids is 1. The van der Waals surface area contributed by atoms with E-state index in [4.69, 9.17) is 0 Å². The van der Waals surface area contributed by atoms with Crippen molar-refractivity contribution in [1.29, 1.82) is 0 Å². The summed E-state index contributed by atoms with van der Waals surface area (Å²) in [5, 5.41) is 1.54. The summed E-state index contributed by atoms with van der Waals surface area (Å²) in [6.45, 7) is 0. The highest BCUT2D eigenvalue weighted by Gasteiger charge is 2.43. The van der Waals surface area contributed by atoms with E-state index < -0.39 is 10.8 Å². The molecule has 2 fully saturated rings. The molecule has 2 aliphatic heterocycles. The highest BCUT2D eigenvalue weighted by molar-refractivity contribution is 7.86. The van der Waals surface area contributed by atoms with Crippen LogP contribution in [0.4, 0.5) is 4.39 Å². The molecule has 4 rings (SSSR count). The van der Waals surface area contributed by atoms with Crippen molar-refractivity contribution in [2.24, 2.45) is 5.92 Å². The average molecular weight is 316 g/mol. The predicted molar refractivity (Wildman–Crippen MR) is 85.9 cm³/mol. The Morgan fingerprint density at radius 1 is 1.00 bits per heavy atom. The molecule has 0 spiro atoms. The predicted octanol–water partition coefficient (Wildman–Crippen LogP) is 3.85. The van der Waals surface area contributed by atoms with Crippen LogP contribution in [0.5, 0.6) is 0 Å². The Hall–Kier alpha value is -1.55. The van der Waals surface area contributed by atoms with Crippen LogP contribution in [0.15, 0.2) is 36.4 Å². The first-order chi connectivity index (χ1) is 10.6. The minimum absolute atomic E-state index is 0.0657. The molecule has 2 unspecified atom stereocenters. The second-order valence-electron chi connectivity index (χ2n) is 6.32. The lowest BCUT2D eigenvalue weighted by Crippen LogP contribution is -2.32. The molecule has 0 radical (unpaired) electrons. The molecule has 4 heteroatoms. The maximum atomic E-state index is 13.9. The first kappa shape index (κ1) is 14.1. The molecule has 0 amide bonds. The van der Waals surface area contributed by atoms with Crippen LogP contribution in [0.3, 0.4) is 0 Å². The van der Waals surface area contributed by atoms with Crippen LogP contribution < -0.4 is 0 Å². The monoisotopic (exact) mass is 316 g/mol. The van der Waals surface area contributed by atoms with E-state index in [0.29, 0.717) is 29.2 Å². The number of fused-ring (bicyclic) bond motifs is 3. The fourth-order valence-corrected chi connectivity index (χ4v) is 6.07. The van der Waals surface area contributed by atoms with Crippen molar-refractivity contribution in [3.05, 3.63) is 47.8 Å². The van der Waals surface area contributed by atoms with Crippen LogP contribution in [0.2, 0.25) is 0 Å². The van der Waals surface area contributed by atoms with Crippen molar-refractivity contribution in [2.75, 3.05) is 0 Å². The highest BCUT2D eigenvalue weighted by atomic mass is 32.2. The Morgan fingerprint density at radius 2 is 1.64 bits per heavy atom. The maximum Gasteiger partial charge on any atom is 0.166 e. The van der Waals surface area contributed by atoms with Crippen molar-refractivity contribution in [2.45, 2.75) is 36.2 Å². The second kappa shape index (κ2) is 5.27. The van der Waals surface area contributed by atoms with Gasteiger partial charge in [-0.25, -0.2) is 4.39 Å². The van der Waals surface area contributed by atoms with Gasteiger partial charge in [-0.2, -0.15) is 0 Å². The first-order valence-corrected chi connectivity index (χ1v) is 9.03. The molecule has 2 atom stereocenters. The van der Waals surface area contributed by atoms with E-state index >= 15 is 0 Å². The molecule has 2 nitrogen and oxygen atoms in total. The van der Waals surface area contributed by atoms with Crippen LogP contribution in [0, 0.1) is 11.7 Å². The number of ketones is 1. The summed E-state index contributed by atoms with van der Waals surface area (Å²) >= 11 is 0. The van der Waals surface area contributed by atoms with Crippen molar-refractivity contribution in [1.82, 2.24) is 0 Å². The molecule has 2 aliphatic rings. The van der Waals surface area contributed by atoms with Crippen molar-refractivity contribution >= 4 is 27.4 Å². The van der Waals surface area contributed by atoms with Crippen LogP contribution in [0.1, 0.15) is 36.0 Å². The van der Waals surface area contributed by atoms with E-state index in [9.17, 15) is 13.4 Å². The lowest BCUT2D eigenvalue weighted by molar-refractivity contribution is 0.0908. The molecule has 2 bridgehead atoms. The molecule has 0 aliphatic carbocycles. The van der Waals surface area contributed by atoms with Crippen LogP contribution >= 0.6 is 0 Å². The van der Waals surface area contributed by atoms with Crippen molar-refractivity contribution in [3.8, 4) is 0 Å². The Bertz CT molecular complexity index is 770. The van der Waals surface area contributed by atoms with Gasteiger partial charge in [0, 0.05) is 38.2 Å². The number of carbonyl (C=O) groups is 1. The Balaban J connectivity index is 1.72. The fraction of sp³-hybridized carbons (Fsp3) is 0.389. The number of halogens is 1. The van der Waals surface area contributed by atoms with Gasteiger partial charge in [-0.05, 0) is 43.2 Å². The number of hydrogen-bond donors (Lipinski definition) is 0. The molecule has 0 saturated carbocycles. The third kappa shape index (κ3) is 2.12. The number of hydrogen-bond acceptors (Lipinski definition) is 2. The zero-order valence-electron chi connectivity index (χ0n) is 12.1. The molecule has 2 heterocycles. The molecule has 2 saturated heterocycles. The number of benzene rings is 2. The Morgan fingerprint density at radius 3 is 2.32 bits per heavy atom. The summed E-state index contributed by atoms with van der Waals surface area (Å²) < 4.78 is 26.0. The number of Topliss-reactive ketones (excluding diaryl/α,β-unsaturated/α-hetero) is 1. The summed E-state index contributed by atoms with van der Waals surface area (Å²) in [5.41, 5.74) is 0.606. The van der Waals surface area contributed by atoms with E-state index in [-0.39, 0.29) is 28.0 Å². The zero-order valence-corrected chi connectivity index (χ0v) is 12.9. The third-order valence-corrected chi connectivity index (χ3v) is 7.24. The van der Waals surface area contributed by atoms with E-state index in [1.165, 1.54) is 6.07 Å². The van der Waals surface area contributed by atoms with E-state index in [1.54, 1.807) is 24.3 Å². The summed E-state index contributed by atoms with van der Waals surface area (Å²) in [5.74, 6) is -0.272. The number of rotatable bonds is 2. The highest BCUT2D eigenvalue weighted by Crippen LogP contribution is 2.40. The molecule has 22 heavy (non-hydrogen) atoms. The normalized spacial score (nSPS) is 30.6. The van der Waals surface area contributed by atoms with E-state index in [2.05, 4.69) is 0 Å². The first-order valence-electron chi connectivity index (χ1n) is 7.76. The van der Waals surface area contributed by atoms with Gasteiger partial charge in [0.05, 0.1) is 0 Å². The van der Waals surface area contributed by atoms with Gasteiger partial charge in [0.2, 0.25) is 0 Å². The van der Waals surface area contributed by atoms with Gasteiger partial charge >= 0.3 is 0 Å².